The summed E-state index contributed by atoms with van der Waals surface area (Å²) >= 11 is 0. The van der Waals surface area contributed by atoms with Crippen LogP contribution in [0.3, 0.4) is 0 Å². The van der Waals surface area contributed by atoms with Crippen LogP contribution in [0.5, 0.6) is 0 Å². The third-order valence-corrected chi connectivity index (χ3v) is 4.99. The van der Waals surface area contributed by atoms with E-state index >= 15 is 0 Å². The molecule has 1 amide bonds. The van der Waals surface area contributed by atoms with Gasteiger partial charge in [0.05, 0.1) is 11.1 Å². The summed E-state index contributed by atoms with van der Waals surface area (Å²) in [5.74, 6) is -1.81. The van der Waals surface area contributed by atoms with Crippen molar-refractivity contribution in [1.82, 2.24) is 14.3 Å². The summed E-state index contributed by atoms with van der Waals surface area (Å²) in [5, 5.41) is 15.9. The Morgan fingerprint density at radius 1 is 1.27 bits per heavy atom. The number of hydrogen-bond donors (Lipinski definition) is 2. The number of carbonyl (C=O) groups is 3. The highest BCUT2D eigenvalue weighted by Crippen LogP contribution is 2.24. The van der Waals surface area contributed by atoms with Crippen LogP contribution in [0, 0.1) is 11.7 Å². The summed E-state index contributed by atoms with van der Waals surface area (Å²) in [6.45, 7) is 0.999. The zero-order chi connectivity index (χ0) is 21.7. The zero-order valence-electron chi connectivity index (χ0n) is 15.9. The molecule has 1 unspecified atom stereocenters. The summed E-state index contributed by atoms with van der Waals surface area (Å²) in [5.41, 5.74) is 1.85. The van der Waals surface area contributed by atoms with Crippen molar-refractivity contribution in [1.29, 1.82) is 0 Å². The van der Waals surface area contributed by atoms with E-state index in [1.54, 1.807) is 30.7 Å². The van der Waals surface area contributed by atoms with E-state index in [0.29, 0.717) is 25.1 Å². The second-order valence-corrected chi connectivity index (χ2v) is 6.95. The van der Waals surface area contributed by atoms with Crippen molar-refractivity contribution in [2.24, 2.45) is 5.92 Å². The minimum absolute atomic E-state index is 0.0292. The fraction of sp³-hybridized carbons (Fsp3) is 0.238. The molecule has 156 valence electrons. The molecule has 0 radical (unpaired) electrons. The van der Waals surface area contributed by atoms with E-state index in [4.69, 9.17) is 15.0 Å². The first-order valence-electron chi connectivity index (χ1n) is 9.24. The number of amides is 1. The molecular weight excluding hydrogens is 393 g/mol. The zero-order valence-corrected chi connectivity index (χ0v) is 15.9. The molecule has 0 spiro atoms. The number of carboxylic acids is 1. The van der Waals surface area contributed by atoms with Crippen LogP contribution >= 0.6 is 0 Å². The second kappa shape index (κ2) is 9.17. The monoisotopic (exact) mass is 413 g/mol. The molecule has 2 N–H and O–H groups in total. The molecule has 4 rings (SSSR count). The molecule has 2 aromatic heterocycles. The number of pyridine rings is 1. The molecule has 0 saturated carbocycles. The molecule has 1 fully saturated rings. The number of aromatic carboxylic acids is 1. The minimum atomic E-state index is -1.27. The molecular formula is C21H20FN3O5. The average molecular weight is 413 g/mol. The van der Waals surface area contributed by atoms with Crippen LogP contribution in [0.1, 0.15) is 32.7 Å². The number of nitrogens with zero attached hydrogens (tertiary/aromatic N) is 3. The van der Waals surface area contributed by atoms with Crippen molar-refractivity contribution in [3.63, 3.8) is 0 Å². The molecule has 1 aromatic carbocycles. The van der Waals surface area contributed by atoms with E-state index in [-0.39, 0.29) is 23.9 Å². The standard InChI is InChI=1S/C20H18FN3O3.CH2O2/c21-17-3-1-13(10-16(17)20(26)27)9-14-5-7-24(11-14)19(25)15-2-4-18-22-6-8-23(18)12-15;2-1-3/h1-4,6,8,10,12,14H,5,7,9,11H2,(H,26,27);1H,(H,2,3). The predicted octanol–water partition coefficient (Wildman–Crippen LogP) is 2.58. The van der Waals surface area contributed by atoms with Crippen molar-refractivity contribution >= 4 is 24.0 Å². The summed E-state index contributed by atoms with van der Waals surface area (Å²) in [6, 6.07) is 7.77. The second-order valence-electron chi connectivity index (χ2n) is 6.95. The first kappa shape index (κ1) is 21.0. The van der Waals surface area contributed by atoms with Crippen molar-refractivity contribution in [2.75, 3.05) is 13.1 Å². The maximum Gasteiger partial charge on any atom is 0.338 e. The molecule has 3 aromatic rings. The van der Waals surface area contributed by atoms with Crippen molar-refractivity contribution < 1.29 is 29.0 Å². The van der Waals surface area contributed by atoms with Gasteiger partial charge in [0.1, 0.15) is 11.5 Å². The van der Waals surface area contributed by atoms with E-state index in [0.717, 1.165) is 17.6 Å². The number of carboxylic acid groups (broad SMARTS) is 2. The van der Waals surface area contributed by atoms with Gasteiger partial charge in [0.2, 0.25) is 0 Å². The number of hydrogen-bond acceptors (Lipinski definition) is 4. The van der Waals surface area contributed by atoms with Crippen LogP contribution in [0.25, 0.3) is 5.65 Å². The molecule has 9 heteroatoms. The molecule has 1 aliphatic rings. The lowest BCUT2D eigenvalue weighted by atomic mass is 9.97. The van der Waals surface area contributed by atoms with Gasteiger partial charge in [0.25, 0.3) is 12.4 Å². The van der Waals surface area contributed by atoms with E-state index in [1.165, 1.54) is 12.1 Å². The number of fused-ring (bicyclic) bond motifs is 1. The first-order chi connectivity index (χ1) is 14.4. The molecule has 1 aliphatic heterocycles. The normalized spacial score (nSPS) is 15.5. The number of benzene rings is 1. The third-order valence-electron chi connectivity index (χ3n) is 4.99. The van der Waals surface area contributed by atoms with E-state index < -0.39 is 11.8 Å². The summed E-state index contributed by atoms with van der Waals surface area (Å²) in [4.78, 5) is 38.2. The highest BCUT2D eigenvalue weighted by Gasteiger charge is 2.27. The summed E-state index contributed by atoms with van der Waals surface area (Å²) in [7, 11) is 0. The van der Waals surface area contributed by atoms with E-state index in [2.05, 4.69) is 4.98 Å². The summed E-state index contributed by atoms with van der Waals surface area (Å²) in [6.07, 6.45) is 6.71. The Labute approximate surface area is 171 Å². The molecule has 1 saturated heterocycles. The van der Waals surface area contributed by atoms with Crippen molar-refractivity contribution in [2.45, 2.75) is 12.8 Å². The largest absolute Gasteiger partial charge is 0.483 e. The van der Waals surface area contributed by atoms with Gasteiger partial charge in [-0.25, -0.2) is 14.2 Å². The lowest BCUT2D eigenvalue weighted by molar-refractivity contribution is -0.122. The number of rotatable bonds is 4. The van der Waals surface area contributed by atoms with Gasteiger partial charge < -0.3 is 19.5 Å². The van der Waals surface area contributed by atoms with Crippen LogP contribution < -0.4 is 0 Å². The Hall–Kier alpha value is -3.75. The van der Waals surface area contributed by atoms with Crippen molar-refractivity contribution in [3.8, 4) is 0 Å². The third kappa shape index (κ3) is 4.62. The highest BCUT2D eigenvalue weighted by molar-refractivity contribution is 5.94. The van der Waals surface area contributed by atoms with Gasteiger partial charge in [-0.3, -0.25) is 9.59 Å². The van der Waals surface area contributed by atoms with Crippen LogP contribution in [-0.4, -0.2) is 55.9 Å². The first-order valence-corrected chi connectivity index (χ1v) is 9.24. The molecule has 0 bridgehead atoms. The quantitative estimate of drug-likeness (QED) is 0.636. The minimum Gasteiger partial charge on any atom is -0.483 e. The smallest absolute Gasteiger partial charge is 0.338 e. The van der Waals surface area contributed by atoms with Crippen LogP contribution in [0.4, 0.5) is 4.39 Å². The molecule has 0 aliphatic carbocycles. The molecule has 1 atom stereocenters. The summed E-state index contributed by atoms with van der Waals surface area (Å²) < 4.78 is 15.3. The van der Waals surface area contributed by atoms with Gasteiger partial charge in [-0.2, -0.15) is 0 Å². The van der Waals surface area contributed by atoms with Gasteiger partial charge in [-0.15, -0.1) is 0 Å². The lowest BCUT2D eigenvalue weighted by Gasteiger charge is -2.17. The molecule has 3 heterocycles. The molecule has 30 heavy (non-hydrogen) atoms. The van der Waals surface area contributed by atoms with Crippen LogP contribution in [-0.2, 0) is 11.2 Å². The number of likely N-dealkylation sites (tertiary alicyclic amines) is 1. The van der Waals surface area contributed by atoms with E-state index in [9.17, 15) is 14.0 Å². The number of halogens is 1. The van der Waals surface area contributed by atoms with Crippen LogP contribution in [0.15, 0.2) is 48.9 Å². The van der Waals surface area contributed by atoms with Crippen LogP contribution in [0.2, 0.25) is 0 Å². The van der Waals surface area contributed by atoms with Gasteiger partial charge in [-0.05, 0) is 48.6 Å². The fourth-order valence-electron chi connectivity index (χ4n) is 3.61. The fourth-order valence-corrected chi connectivity index (χ4v) is 3.61. The number of imidazole rings is 1. The van der Waals surface area contributed by atoms with Gasteiger partial charge in [0, 0.05) is 31.7 Å². The maximum absolute atomic E-state index is 13.5. The predicted molar refractivity (Wildman–Crippen MR) is 105 cm³/mol. The Morgan fingerprint density at radius 2 is 2.03 bits per heavy atom. The Bertz CT molecular complexity index is 1080. The number of carbonyl (C=O) groups excluding carboxylic acids is 1. The SMILES string of the molecule is O=C(O)c1cc(CC2CCN(C(=O)c3ccc4nccn4c3)C2)ccc1F.O=CO. The molecule has 8 nitrogen and oxygen atoms in total. The Balaban J connectivity index is 0.000000806. The maximum atomic E-state index is 13.5. The van der Waals surface area contributed by atoms with Crippen molar-refractivity contribution in [3.05, 3.63) is 71.4 Å². The Morgan fingerprint density at radius 3 is 2.77 bits per heavy atom. The average Bonchev–Trinajstić information content (AvgIpc) is 3.38. The number of aromatic nitrogens is 2. The van der Waals surface area contributed by atoms with Gasteiger partial charge >= 0.3 is 5.97 Å². The van der Waals surface area contributed by atoms with Gasteiger partial charge in [0.15, 0.2) is 0 Å². The lowest BCUT2D eigenvalue weighted by Crippen LogP contribution is -2.29. The highest BCUT2D eigenvalue weighted by atomic mass is 19.1. The topological polar surface area (TPSA) is 112 Å². The van der Waals surface area contributed by atoms with E-state index in [1.807, 2.05) is 15.4 Å². The van der Waals surface area contributed by atoms with Gasteiger partial charge in [-0.1, -0.05) is 6.07 Å². The Kier molecular flexibility index (Phi) is 6.41.